The van der Waals surface area contributed by atoms with Gasteiger partial charge < -0.3 is 30.0 Å². The van der Waals surface area contributed by atoms with E-state index in [9.17, 15) is 4.79 Å². The van der Waals surface area contributed by atoms with Gasteiger partial charge in [-0.25, -0.2) is 9.98 Å². The number of pyridine rings is 1. The van der Waals surface area contributed by atoms with Crippen LogP contribution in [0, 0.1) is 12.3 Å². The van der Waals surface area contributed by atoms with Gasteiger partial charge in [0.05, 0.1) is 31.9 Å². The second-order valence-corrected chi connectivity index (χ2v) is 8.99. The van der Waals surface area contributed by atoms with Gasteiger partial charge in [-0.3, -0.25) is 4.79 Å². The molecular weight excluding hydrogens is 412 g/mol. The third kappa shape index (κ3) is 2.70. The van der Waals surface area contributed by atoms with Crippen LogP contribution in [0.15, 0.2) is 35.5 Å². The lowest BCUT2D eigenvalue weighted by atomic mass is 9.55. The maximum Gasteiger partial charge on any atom is 0.283 e. The lowest BCUT2D eigenvalue weighted by Gasteiger charge is -2.61. The number of aryl methyl sites for hydroxylation is 1. The first-order chi connectivity index (χ1) is 15.2. The number of nitrogens with two attached hydrogens (primary N) is 1. The average Bonchev–Trinajstić information content (AvgIpc) is 3.09. The van der Waals surface area contributed by atoms with E-state index < -0.39 is 16.6 Å². The van der Waals surface area contributed by atoms with Gasteiger partial charge >= 0.3 is 0 Å². The van der Waals surface area contributed by atoms with Crippen LogP contribution >= 0.6 is 0 Å². The second kappa shape index (κ2) is 6.83. The van der Waals surface area contributed by atoms with Gasteiger partial charge in [-0.05, 0) is 50.6 Å². The lowest BCUT2D eigenvalue weighted by molar-refractivity contribution is -0.247. The quantitative estimate of drug-likeness (QED) is 0.755. The fourth-order valence-electron chi connectivity index (χ4n) is 4.94. The molecule has 1 aromatic carbocycles. The van der Waals surface area contributed by atoms with Gasteiger partial charge in [0.25, 0.3) is 11.9 Å². The number of methoxy groups -OCH3 is 1. The zero-order valence-corrected chi connectivity index (χ0v) is 18.5. The predicted molar refractivity (Wildman–Crippen MR) is 117 cm³/mol. The molecule has 3 aliphatic heterocycles. The van der Waals surface area contributed by atoms with Crippen molar-refractivity contribution in [2.45, 2.75) is 31.9 Å². The largest absolute Gasteiger partial charge is 0.495 e. The molecule has 3 aliphatic rings. The van der Waals surface area contributed by atoms with Gasteiger partial charge in [0.1, 0.15) is 34.9 Å². The van der Waals surface area contributed by atoms with Crippen LogP contribution in [0.2, 0.25) is 0 Å². The number of amidine groups is 1. The van der Waals surface area contributed by atoms with E-state index in [1.54, 1.807) is 19.2 Å². The summed E-state index contributed by atoms with van der Waals surface area (Å²) >= 11 is 0. The molecule has 1 saturated heterocycles. The summed E-state index contributed by atoms with van der Waals surface area (Å²) < 4.78 is 22.9. The number of anilines is 1. The zero-order chi connectivity index (χ0) is 22.7. The summed E-state index contributed by atoms with van der Waals surface area (Å²) in [6.07, 6.45) is 1.52. The fourth-order valence-corrected chi connectivity index (χ4v) is 4.94. The minimum Gasteiger partial charge on any atom is -0.495 e. The highest BCUT2D eigenvalue weighted by Gasteiger charge is 2.71. The molecule has 0 saturated carbocycles. The molecule has 1 amide bonds. The summed E-state index contributed by atoms with van der Waals surface area (Å²) in [5.74, 6) is 0.967. The number of benzene rings is 1. The van der Waals surface area contributed by atoms with Crippen molar-refractivity contribution in [2.75, 3.05) is 32.2 Å². The number of nitrogens with one attached hydrogen (secondary N) is 1. The van der Waals surface area contributed by atoms with Crippen molar-refractivity contribution < 1.29 is 23.7 Å². The van der Waals surface area contributed by atoms with Crippen LogP contribution in [0.25, 0.3) is 0 Å². The molecule has 9 nitrogen and oxygen atoms in total. The molecule has 3 N–H and O–H groups in total. The predicted octanol–water partition coefficient (Wildman–Crippen LogP) is 2.38. The average molecular weight is 438 g/mol. The Labute approximate surface area is 185 Å². The van der Waals surface area contributed by atoms with Crippen molar-refractivity contribution in [3.63, 3.8) is 0 Å². The SMILES string of the molecule is COc1cnc(C(=O)Nc2ccc3c(c2)C2(COC(N)=N2)C2(COC2)C(C)(C)O3)c(C)c1. The van der Waals surface area contributed by atoms with Gasteiger partial charge in [0.2, 0.25) is 0 Å². The van der Waals surface area contributed by atoms with Gasteiger partial charge in [-0.2, -0.15) is 0 Å². The molecular formula is C23H26N4O5. The minimum absolute atomic E-state index is 0.146. The van der Waals surface area contributed by atoms with Crippen LogP contribution in [0.5, 0.6) is 11.5 Å². The summed E-state index contributed by atoms with van der Waals surface area (Å²) in [5, 5.41) is 2.94. The summed E-state index contributed by atoms with van der Waals surface area (Å²) in [6.45, 7) is 7.14. The number of aliphatic imine (C=N–C) groups is 1. The van der Waals surface area contributed by atoms with Gasteiger partial charge in [-0.15, -0.1) is 0 Å². The molecule has 2 aromatic rings. The van der Waals surface area contributed by atoms with Crippen molar-refractivity contribution in [3.8, 4) is 11.5 Å². The third-order valence-electron chi connectivity index (χ3n) is 6.92. The Kier molecular flexibility index (Phi) is 4.39. The first-order valence-electron chi connectivity index (χ1n) is 10.4. The van der Waals surface area contributed by atoms with Crippen LogP contribution in [0.3, 0.4) is 0 Å². The summed E-state index contributed by atoms with van der Waals surface area (Å²) in [5.41, 5.74) is 6.69. The Morgan fingerprint density at radius 3 is 2.59 bits per heavy atom. The molecule has 9 heteroatoms. The Hall–Kier alpha value is -3.33. The number of carbonyl (C=O) groups excluding carboxylic acids is 1. The molecule has 4 heterocycles. The van der Waals surface area contributed by atoms with Gasteiger partial charge in [0, 0.05) is 11.3 Å². The van der Waals surface area contributed by atoms with Crippen molar-refractivity contribution in [1.82, 2.24) is 4.98 Å². The molecule has 1 unspecified atom stereocenters. The summed E-state index contributed by atoms with van der Waals surface area (Å²) in [7, 11) is 1.56. The normalized spacial score (nSPS) is 24.1. The molecule has 168 valence electrons. The number of fused-ring (bicyclic) bond motifs is 3. The molecule has 2 spiro atoms. The van der Waals surface area contributed by atoms with E-state index in [1.165, 1.54) is 6.20 Å². The number of nitrogens with zero attached hydrogens (tertiary/aromatic N) is 2. The third-order valence-corrected chi connectivity index (χ3v) is 6.92. The monoisotopic (exact) mass is 438 g/mol. The van der Waals surface area contributed by atoms with Crippen LogP contribution in [-0.4, -0.2) is 49.4 Å². The van der Waals surface area contributed by atoms with E-state index in [1.807, 2.05) is 32.9 Å². The molecule has 5 rings (SSSR count). The highest BCUT2D eigenvalue weighted by molar-refractivity contribution is 6.04. The van der Waals surface area contributed by atoms with E-state index in [2.05, 4.69) is 10.3 Å². The number of carbonyl (C=O) groups is 1. The van der Waals surface area contributed by atoms with E-state index in [4.69, 9.17) is 29.7 Å². The smallest absolute Gasteiger partial charge is 0.283 e. The maximum atomic E-state index is 12.9. The number of aromatic nitrogens is 1. The van der Waals surface area contributed by atoms with Crippen molar-refractivity contribution in [3.05, 3.63) is 47.3 Å². The van der Waals surface area contributed by atoms with E-state index in [-0.39, 0.29) is 11.9 Å². The maximum absolute atomic E-state index is 12.9. The Morgan fingerprint density at radius 1 is 1.22 bits per heavy atom. The topological polar surface area (TPSA) is 117 Å². The number of rotatable bonds is 3. The summed E-state index contributed by atoms with van der Waals surface area (Å²) in [4.78, 5) is 21.9. The number of ether oxygens (including phenoxy) is 4. The van der Waals surface area contributed by atoms with Crippen molar-refractivity contribution in [2.24, 2.45) is 16.1 Å². The molecule has 1 atom stereocenters. The molecule has 32 heavy (non-hydrogen) atoms. The van der Waals surface area contributed by atoms with Crippen molar-refractivity contribution in [1.29, 1.82) is 0 Å². The molecule has 0 radical (unpaired) electrons. The lowest BCUT2D eigenvalue weighted by Crippen LogP contribution is -2.71. The van der Waals surface area contributed by atoms with Crippen LogP contribution < -0.4 is 20.5 Å². The second-order valence-electron chi connectivity index (χ2n) is 8.99. The summed E-state index contributed by atoms with van der Waals surface area (Å²) in [6, 6.07) is 7.45. The highest BCUT2D eigenvalue weighted by atomic mass is 16.5. The van der Waals surface area contributed by atoms with Gasteiger partial charge in [0.15, 0.2) is 0 Å². The Bertz CT molecular complexity index is 1140. The van der Waals surface area contributed by atoms with E-state index in [0.717, 1.165) is 5.56 Å². The number of hydrogen-bond donors (Lipinski definition) is 2. The number of amides is 1. The first-order valence-corrected chi connectivity index (χ1v) is 10.4. The Morgan fingerprint density at radius 2 is 2.00 bits per heavy atom. The first kappa shape index (κ1) is 20.6. The molecule has 0 aliphatic carbocycles. The molecule has 0 bridgehead atoms. The highest BCUT2D eigenvalue weighted by Crippen LogP contribution is 2.62. The molecule has 1 aromatic heterocycles. The zero-order valence-electron chi connectivity index (χ0n) is 18.5. The van der Waals surface area contributed by atoms with E-state index >= 15 is 0 Å². The Balaban J connectivity index is 1.54. The number of hydrogen-bond acceptors (Lipinski definition) is 8. The van der Waals surface area contributed by atoms with Crippen molar-refractivity contribution >= 4 is 17.6 Å². The minimum atomic E-state index is -0.762. The van der Waals surface area contributed by atoms with Crippen LogP contribution in [-0.2, 0) is 15.0 Å². The molecule has 1 fully saturated rings. The van der Waals surface area contributed by atoms with Crippen LogP contribution in [0.4, 0.5) is 5.69 Å². The standard InChI is InChI=1S/C23H26N4O5/c1-13-7-15(29-4)9-25-18(13)19(28)26-14-5-6-17-16(8-14)23(12-31-20(24)27-23)22(10-30-11-22)21(2,3)32-17/h5-9H,10-12H2,1-4H3,(H2,24,27)(H,26,28). The van der Waals surface area contributed by atoms with Crippen LogP contribution in [0.1, 0.15) is 35.5 Å². The fraction of sp³-hybridized carbons (Fsp3) is 0.435. The van der Waals surface area contributed by atoms with E-state index in [0.29, 0.717) is 48.3 Å². The van der Waals surface area contributed by atoms with Gasteiger partial charge in [-0.1, -0.05) is 0 Å².